The van der Waals surface area contributed by atoms with Crippen LogP contribution in [0.25, 0.3) is 34.0 Å². The number of hydrogen-bond acceptors (Lipinski definition) is 5. The van der Waals surface area contributed by atoms with Crippen LogP contribution in [0.1, 0.15) is 43.0 Å². The summed E-state index contributed by atoms with van der Waals surface area (Å²) in [4.78, 5) is 15.6. The molecule has 0 unspecified atom stereocenters. The van der Waals surface area contributed by atoms with Crippen LogP contribution in [-0.4, -0.2) is 27.3 Å². The average Bonchev–Trinajstić information content (AvgIpc) is 3.37. The highest BCUT2D eigenvalue weighted by atomic mass is 19.4. The Morgan fingerprint density at radius 1 is 1.03 bits per heavy atom. The maximum absolute atomic E-state index is 14.0. The van der Waals surface area contributed by atoms with E-state index >= 15 is 0 Å². The van der Waals surface area contributed by atoms with Gasteiger partial charge < -0.3 is 9.63 Å². The van der Waals surface area contributed by atoms with E-state index in [1.165, 1.54) is 12.1 Å². The molecule has 4 aromatic rings. The molecule has 37 heavy (non-hydrogen) atoms. The number of carboxylic acid groups (broad SMARTS) is 1. The van der Waals surface area contributed by atoms with Gasteiger partial charge in [0.2, 0.25) is 5.82 Å². The van der Waals surface area contributed by atoms with Gasteiger partial charge >= 0.3 is 12.1 Å². The predicted molar refractivity (Wildman–Crippen MR) is 134 cm³/mol. The zero-order valence-corrected chi connectivity index (χ0v) is 20.5. The fourth-order valence-electron chi connectivity index (χ4n) is 4.16. The highest BCUT2D eigenvalue weighted by molar-refractivity contribution is 5.75. The molecular formula is C28H26F3N3O3. The maximum atomic E-state index is 14.0. The molecule has 0 aliphatic rings. The first kappa shape index (κ1) is 26.1. The zero-order chi connectivity index (χ0) is 26.7. The first-order valence-electron chi connectivity index (χ1n) is 11.8. The van der Waals surface area contributed by atoms with E-state index in [0.717, 1.165) is 17.2 Å². The summed E-state index contributed by atoms with van der Waals surface area (Å²) in [6.07, 6.45) is -4.13. The van der Waals surface area contributed by atoms with Crippen LogP contribution in [0.3, 0.4) is 0 Å². The standard InChI is InChI=1S/C28H26F3N3O3/c1-4-24(27(35)36)32-17(3)18-9-11-19(12-10-18)25-33-26(37-34-25)20-13-14-22(23(15-20)28(29,30)31)21-8-6-5-7-16(21)2/h5-15,17,24,32H,4H2,1-3H3,(H,35,36)/t17-,24+/m1/s1. The highest BCUT2D eigenvalue weighted by Crippen LogP contribution is 2.40. The number of rotatable bonds is 8. The van der Waals surface area contributed by atoms with Crippen molar-refractivity contribution in [1.82, 2.24) is 15.5 Å². The Morgan fingerprint density at radius 2 is 1.70 bits per heavy atom. The van der Waals surface area contributed by atoms with Crippen LogP contribution < -0.4 is 5.32 Å². The van der Waals surface area contributed by atoms with Crippen molar-refractivity contribution < 1.29 is 27.6 Å². The number of aliphatic carboxylic acids is 1. The number of alkyl halides is 3. The van der Waals surface area contributed by atoms with E-state index in [0.29, 0.717) is 17.5 Å². The molecule has 3 aromatic carbocycles. The molecule has 0 radical (unpaired) electrons. The van der Waals surface area contributed by atoms with Gasteiger partial charge in [-0.15, -0.1) is 0 Å². The fourth-order valence-corrected chi connectivity index (χ4v) is 4.16. The van der Waals surface area contributed by atoms with Crippen LogP contribution in [0.2, 0.25) is 0 Å². The minimum Gasteiger partial charge on any atom is -0.480 e. The number of nitrogens with one attached hydrogen (secondary N) is 1. The second kappa shape index (κ2) is 10.6. The van der Waals surface area contributed by atoms with Gasteiger partial charge in [-0.2, -0.15) is 18.2 Å². The summed E-state index contributed by atoms with van der Waals surface area (Å²) in [5, 5.41) is 16.3. The molecule has 9 heteroatoms. The van der Waals surface area contributed by atoms with Gasteiger partial charge in [-0.25, -0.2) is 0 Å². The van der Waals surface area contributed by atoms with E-state index in [9.17, 15) is 23.1 Å². The van der Waals surface area contributed by atoms with Crippen molar-refractivity contribution in [2.75, 3.05) is 0 Å². The largest absolute Gasteiger partial charge is 0.480 e. The maximum Gasteiger partial charge on any atom is 0.417 e. The normalized spacial score (nSPS) is 13.4. The summed E-state index contributed by atoms with van der Waals surface area (Å²) in [5.41, 5.74) is 2.19. The summed E-state index contributed by atoms with van der Waals surface area (Å²) in [6.45, 7) is 5.43. The van der Waals surface area contributed by atoms with Gasteiger partial charge in [-0.05, 0) is 54.7 Å². The second-order valence-corrected chi connectivity index (χ2v) is 8.81. The molecule has 0 amide bonds. The summed E-state index contributed by atoms with van der Waals surface area (Å²) in [6, 6.07) is 17.2. The molecule has 1 aromatic heterocycles. The van der Waals surface area contributed by atoms with E-state index in [4.69, 9.17) is 4.52 Å². The fraction of sp³-hybridized carbons (Fsp3) is 0.250. The average molecular weight is 510 g/mol. The monoisotopic (exact) mass is 509 g/mol. The molecule has 0 fully saturated rings. The highest BCUT2D eigenvalue weighted by Gasteiger charge is 2.34. The lowest BCUT2D eigenvalue weighted by molar-refractivity contribution is -0.140. The molecule has 0 spiro atoms. The zero-order valence-electron chi connectivity index (χ0n) is 20.5. The molecule has 192 valence electrons. The van der Waals surface area contributed by atoms with Crippen LogP contribution in [0.4, 0.5) is 13.2 Å². The van der Waals surface area contributed by atoms with Gasteiger partial charge in [0.25, 0.3) is 5.89 Å². The van der Waals surface area contributed by atoms with Crippen LogP contribution in [0, 0.1) is 6.92 Å². The molecular weight excluding hydrogens is 483 g/mol. The Bertz CT molecular complexity index is 1400. The number of aryl methyl sites for hydroxylation is 1. The SMILES string of the molecule is CC[C@H](N[C@H](C)c1ccc(-c2noc(-c3ccc(-c4ccccc4C)c(C(F)(F)F)c3)n2)cc1)C(=O)O. The number of carboxylic acids is 1. The van der Waals surface area contributed by atoms with Crippen LogP contribution in [0.5, 0.6) is 0 Å². The Kier molecular flexibility index (Phi) is 7.45. The molecule has 2 N–H and O–H groups in total. The van der Waals surface area contributed by atoms with Crippen molar-refractivity contribution in [1.29, 1.82) is 0 Å². The lowest BCUT2D eigenvalue weighted by atomic mass is 9.94. The Hall–Kier alpha value is -3.98. The summed E-state index contributed by atoms with van der Waals surface area (Å²) in [7, 11) is 0. The molecule has 1 heterocycles. The van der Waals surface area contributed by atoms with Crippen molar-refractivity contribution in [3.8, 4) is 34.0 Å². The number of nitrogens with zero attached hydrogens (tertiary/aromatic N) is 2. The van der Waals surface area contributed by atoms with Crippen molar-refractivity contribution in [3.05, 3.63) is 83.4 Å². The van der Waals surface area contributed by atoms with Crippen molar-refractivity contribution >= 4 is 5.97 Å². The van der Waals surface area contributed by atoms with Gasteiger partial charge in [0, 0.05) is 17.2 Å². The van der Waals surface area contributed by atoms with Gasteiger partial charge in [0.1, 0.15) is 6.04 Å². The molecule has 2 atom stereocenters. The van der Waals surface area contributed by atoms with Gasteiger partial charge in [-0.1, -0.05) is 66.7 Å². The van der Waals surface area contributed by atoms with Crippen LogP contribution in [0.15, 0.2) is 71.3 Å². The van der Waals surface area contributed by atoms with Crippen molar-refractivity contribution in [3.63, 3.8) is 0 Å². The number of halogens is 3. The van der Waals surface area contributed by atoms with Crippen LogP contribution >= 0.6 is 0 Å². The van der Waals surface area contributed by atoms with Gasteiger partial charge in [0.05, 0.1) is 5.56 Å². The molecule has 0 aliphatic carbocycles. The Morgan fingerprint density at radius 3 is 2.32 bits per heavy atom. The number of aromatic nitrogens is 2. The minimum atomic E-state index is -4.57. The third kappa shape index (κ3) is 5.72. The van der Waals surface area contributed by atoms with Gasteiger partial charge in [0.15, 0.2) is 0 Å². The van der Waals surface area contributed by atoms with E-state index < -0.39 is 23.8 Å². The lowest BCUT2D eigenvalue weighted by Gasteiger charge is -2.19. The minimum absolute atomic E-state index is 0.0248. The van der Waals surface area contributed by atoms with E-state index in [2.05, 4.69) is 15.5 Å². The van der Waals surface area contributed by atoms with Crippen LogP contribution in [-0.2, 0) is 11.0 Å². The Labute approximate surface area is 212 Å². The van der Waals surface area contributed by atoms with E-state index in [-0.39, 0.29) is 28.9 Å². The second-order valence-electron chi connectivity index (χ2n) is 8.81. The first-order chi connectivity index (χ1) is 17.6. The van der Waals surface area contributed by atoms with E-state index in [1.807, 2.05) is 19.1 Å². The molecule has 0 aliphatic heterocycles. The first-order valence-corrected chi connectivity index (χ1v) is 11.8. The van der Waals surface area contributed by atoms with Crippen molar-refractivity contribution in [2.45, 2.75) is 45.5 Å². The van der Waals surface area contributed by atoms with E-state index in [1.54, 1.807) is 50.2 Å². The summed E-state index contributed by atoms with van der Waals surface area (Å²) < 4.78 is 47.2. The smallest absolute Gasteiger partial charge is 0.417 e. The lowest BCUT2D eigenvalue weighted by Crippen LogP contribution is -2.37. The third-order valence-electron chi connectivity index (χ3n) is 6.26. The summed E-state index contributed by atoms with van der Waals surface area (Å²) in [5.74, 6) is -0.704. The number of benzene rings is 3. The molecule has 0 bridgehead atoms. The third-order valence-corrected chi connectivity index (χ3v) is 6.26. The predicted octanol–water partition coefficient (Wildman–Crippen LogP) is 6.91. The quantitative estimate of drug-likeness (QED) is 0.268. The summed E-state index contributed by atoms with van der Waals surface area (Å²) >= 11 is 0. The molecule has 4 rings (SSSR count). The van der Waals surface area contributed by atoms with Crippen molar-refractivity contribution in [2.24, 2.45) is 0 Å². The molecule has 6 nitrogen and oxygen atoms in total. The molecule has 0 saturated heterocycles. The Balaban J connectivity index is 1.60. The van der Waals surface area contributed by atoms with Gasteiger partial charge in [-0.3, -0.25) is 10.1 Å². The topological polar surface area (TPSA) is 88.3 Å². The number of hydrogen-bond donors (Lipinski definition) is 2. The number of carbonyl (C=O) groups is 1. The molecule has 0 saturated carbocycles.